The van der Waals surface area contributed by atoms with E-state index in [4.69, 9.17) is 4.42 Å². The van der Waals surface area contributed by atoms with Gasteiger partial charge in [0.25, 0.3) is 0 Å². The van der Waals surface area contributed by atoms with Crippen LogP contribution in [0.15, 0.2) is 71.5 Å². The molecule has 3 heterocycles. The van der Waals surface area contributed by atoms with Gasteiger partial charge in [-0.05, 0) is 48.6 Å². The lowest BCUT2D eigenvalue weighted by Crippen LogP contribution is -1.98. The first kappa shape index (κ1) is 18.3. The minimum absolute atomic E-state index is 0.345. The van der Waals surface area contributed by atoms with Crippen molar-refractivity contribution in [3.05, 3.63) is 78.6 Å². The molecule has 0 fully saturated rings. The number of oxazole rings is 1. The van der Waals surface area contributed by atoms with Crippen LogP contribution in [0.4, 0.5) is 0 Å². The minimum atomic E-state index is -0.699. The van der Waals surface area contributed by atoms with Crippen LogP contribution in [-0.2, 0) is 6.42 Å². The number of pyridine rings is 2. The lowest BCUT2D eigenvalue weighted by molar-refractivity contribution is 0.133. The van der Waals surface area contributed by atoms with Crippen molar-refractivity contribution in [1.29, 1.82) is 0 Å². The normalized spacial score (nSPS) is 12.3. The van der Waals surface area contributed by atoms with Crippen LogP contribution >= 0.6 is 0 Å². The van der Waals surface area contributed by atoms with E-state index in [1.54, 1.807) is 18.6 Å². The maximum Gasteiger partial charge on any atom is 0.225 e. The van der Waals surface area contributed by atoms with Crippen LogP contribution < -0.4 is 0 Å². The van der Waals surface area contributed by atoms with Gasteiger partial charge in [0.15, 0.2) is 11.2 Å². The van der Waals surface area contributed by atoms with Gasteiger partial charge in [-0.3, -0.25) is 4.98 Å². The monoisotopic (exact) mass is 373 g/mol. The molecule has 1 aromatic carbocycles. The zero-order valence-corrected chi connectivity index (χ0v) is 15.7. The number of aromatic nitrogens is 3. The van der Waals surface area contributed by atoms with E-state index < -0.39 is 6.10 Å². The Morgan fingerprint density at radius 2 is 1.75 bits per heavy atom. The predicted molar refractivity (Wildman–Crippen MR) is 109 cm³/mol. The smallest absolute Gasteiger partial charge is 0.225 e. The molecule has 0 aliphatic rings. The summed E-state index contributed by atoms with van der Waals surface area (Å²) in [6, 6.07) is 16.2. The van der Waals surface area contributed by atoms with Gasteiger partial charge in [-0.15, -0.1) is 0 Å². The van der Waals surface area contributed by atoms with Gasteiger partial charge in [-0.25, -0.2) is 4.98 Å². The Balaban J connectivity index is 1.33. The number of aliphatic hydroxyl groups excluding tert-OH is 1. The van der Waals surface area contributed by atoms with Gasteiger partial charge in [0.2, 0.25) is 5.89 Å². The molecular formula is C23H23N3O2. The molecule has 142 valence electrons. The lowest BCUT2D eigenvalue weighted by Gasteiger charge is -2.06. The molecule has 5 heteroatoms. The Morgan fingerprint density at radius 3 is 2.57 bits per heavy atom. The summed E-state index contributed by atoms with van der Waals surface area (Å²) in [5.74, 6) is 0.345. The molecule has 0 aliphatic heterocycles. The molecule has 0 saturated heterocycles. The number of rotatable bonds is 8. The number of unbranched alkanes of at least 4 members (excludes halogenated alkanes) is 2. The predicted octanol–water partition coefficient (Wildman–Crippen LogP) is 5.12. The fraction of sp³-hybridized carbons (Fsp3) is 0.261. The van der Waals surface area contributed by atoms with E-state index in [-0.39, 0.29) is 0 Å². The first-order chi connectivity index (χ1) is 13.8. The first-order valence-electron chi connectivity index (χ1n) is 9.68. The summed E-state index contributed by atoms with van der Waals surface area (Å²) in [6.07, 6.45) is 9.37. The van der Waals surface area contributed by atoms with Gasteiger partial charge in [-0.1, -0.05) is 43.2 Å². The zero-order valence-electron chi connectivity index (χ0n) is 15.7. The quantitative estimate of drug-likeness (QED) is 0.434. The Labute approximate surface area is 164 Å². The molecule has 0 aliphatic carbocycles. The minimum Gasteiger partial charge on any atom is -0.436 e. The van der Waals surface area contributed by atoms with Gasteiger partial charge in [-0.2, -0.15) is 4.98 Å². The molecule has 4 rings (SSSR count). The summed E-state index contributed by atoms with van der Waals surface area (Å²) in [5.41, 5.74) is 4.43. The highest BCUT2D eigenvalue weighted by atomic mass is 16.4. The van der Waals surface area contributed by atoms with Crippen LogP contribution in [0, 0.1) is 0 Å². The summed E-state index contributed by atoms with van der Waals surface area (Å²) in [5, 5.41) is 10.4. The highest BCUT2D eigenvalue weighted by molar-refractivity contribution is 5.76. The van der Waals surface area contributed by atoms with E-state index >= 15 is 0 Å². The van der Waals surface area contributed by atoms with Crippen LogP contribution in [0.1, 0.15) is 43.2 Å². The van der Waals surface area contributed by atoms with Crippen molar-refractivity contribution in [2.24, 2.45) is 0 Å². The summed E-state index contributed by atoms with van der Waals surface area (Å²) < 4.78 is 5.78. The first-order valence-corrected chi connectivity index (χ1v) is 9.68. The average molecular weight is 373 g/mol. The van der Waals surface area contributed by atoms with Gasteiger partial charge in [0, 0.05) is 24.2 Å². The van der Waals surface area contributed by atoms with Crippen LogP contribution in [0.5, 0.6) is 0 Å². The summed E-state index contributed by atoms with van der Waals surface area (Å²) >= 11 is 0. The van der Waals surface area contributed by atoms with E-state index in [2.05, 4.69) is 39.2 Å². The Kier molecular flexibility index (Phi) is 5.73. The molecular weight excluding hydrogens is 350 g/mol. The third kappa shape index (κ3) is 4.43. The molecule has 1 atom stereocenters. The number of benzene rings is 1. The molecule has 0 bridgehead atoms. The molecule has 0 radical (unpaired) electrons. The number of aliphatic hydroxyl groups is 1. The van der Waals surface area contributed by atoms with E-state index in [1.165, 1.54) is 5.56 Å². The van der Waals surface area contributed by atoms with Crippen molar-refractivity contribution in [3.8, 4) is 11.1 Å². The number of aryl methyl sites for hydroxylation is 1. The van der Waals surface area contributed by atoms with Crippen molar-refractivity contribution in [2.75, 3.05) is 0 Å². The van der Waals surface area contributed by atoms with Crippen molar-refractivity contribution >= 4 is 11.2 Å². The maximum absolute atomic E-state index is 10.4. The molecule has 1 unspecified atom stereocenters. The molecule has 0 amide bonds. The number of fused-ring (bicyclic) bond motifs is 1. The molecule has 28 heavy (non-hydrogen) atoms. The highest BCUT2D eigenvalue weighted by Gasteiger charge is 2.16. The molecule has 5 nitrogen and oxygen atoms in total. The van der Waals surface area contributed by atoms with Gasteiger partial charge >= 0.3 is 0 Å². The van der Waals surface area contributed by atoms with Crippen LogP contribution in [0.2, 0.25) is 0 Å². The summed E-state index contributed by atoms with van der Waals surface area (Å²) in [4.78, 5) is 12.8. The van der Waals surface area contributed by atoms with E-state index in [9.17, 15) is 5.11 Å². The molecule has 4 aromatic rings. The van der Waals surface area contributed by atoms with E-state index in [1.807, 2.05) is 24.3 Å². The van der Waals surface area contributed by atoms with E-state index in [0.29, 0.717) is 23.5 Å². The molecule has 1 N–H and O–H groups in total. The molecule has 0 saturated carbocycles. The number of hydrogen-bond donors (Lipinski definition) is 1. The Hall–Kier alpha value is -3.05. The number of nitrogens with zero attached hydrogens (tertiary/aromatic N) is 3. The number of hydrogen-bond acceptors (Lipinski definition) is 5. The van der Waals surface area contributed by atoms with Crippen LogP contribution in [-0.4, -0.2) is 20.1 Å². The van der Waals surface area contributed by atoms with Crippen molar-refractivity contribution in [3.63, 3.8) is 0 Å². The Morgan fingerprint density at radius 1 is 0.929 bits per heavy atom. The van der Waals surface area contributed by atoms with Crippen LogP contribution in [0.25, 0.3) is 22.4 Å². The van der Waals surface area contributed by atoms with Crippen LogP contribution in [0.3, 0.4) is 0 Å². The second-order valence-corrected chi connectivity index (χ2v) is 6.93. The second-order valence-electron chi connectivity index (χ2n) is 6.93. The maximum atomic E-state index is 10.4. The van der Waals surface area contributed by atoms with Crippen molar-refractivity contribution in [2.45, 2.75) is 38.2 Å². The third-order valence-corrected chi connectivity index (χ3v) is 4.85. The summed E-state index contributed by atoms with van der Waals surface area (Å²) in [7, 11) is 0. The summed E-state index contributed by atoms with van der Waals surface area (Å²) in [6.45, 7) is 0. The SMILES string of the molecule is OC(CCCCCc1ccccc1)c1nc2ncc(-c3ccncc3)cc2o1. The third-order valence-electron chi connectivity index (χ3n) is 4.85. The Bertz CT molecular complexity index is 1020. The highest BCUT2D eigenvalue weighted by Crippen LogP contribution is 2.26. The lowest BCUT2D eigenvalue weighted by atomic mass is 10.0. The molecule has 0 spiro atoms. The largest absolute Gasteiger partial charge is 0.436 e. The average Bonchev–Trinajstić information content (AvgIpc) is 3.18. The van der Waals surface area contributed by atoms with Crippen molar-refractivity contribution in [1.82, 2.24) is 15.0 Å². The fourth-order valence-electron chi connectivity index (χ4n) is 3.29. The topological polar surface area (TPSA) is 72.0 Å². The van der Waals surface area contributed by atoms with Crippen molar-refractivity contribution < 1.29 is 9.52 Å². The van der Waals surface area contributed by atoms with Gasteiger partial charge < -0.3 is 9.52 Å². The molecule has 3 aromatic heterocycles. The van der Waals surface area contributed by atoms with Gasteiger partial charge in [0.05, 0.1) is 0 Å². The second kappa shape index (κ2) is 8.76. The fourth-order valence-corrected chi connectivity index (χ4v) is 3.29. The van der Waals surface area contributed by atoms with E-state index in [0.717, 1.165) is 36.8 Å². The van der Waals surface area contributed by atoms with Gasteiger partial charge in [0.1, 0.15) is 6.10 Å². The zero-order chi connectivity index (χ0) is 19.2. The standard InChI is InChI=1S/C23H23N3O2/c27-20(10-6-2-5-9-17-7-3-1-4-8-17)23-26-22-21(28-23)15-19(16-25-22)18-11-13-24-14-12-18/h1,3-4,7-8,11-16,20,27H,2,5-6,9-10H2.